The maximum Gasteiger partial charge on any atom is 0.274 e. The maximum absolute atomic E-state index is 13.5. The van der Waals surface area contributed by atoms with Crippen molar-refractivity contribution >= 4 is 46.7 Å². The topological polar surface area (TPSA) is 74.8 Å². The van der Waals surface area contributed by atoms with Gasteiger partial charge in [0.1, 0.15) is 6.54 Å². The number of rotatable bonds is 5. The molecule has 0 saturated carbocycles. The molecular weight excluding hydrogens is 463 g/mol. The van der Waals surface area contributed by atoms with Crippen molar-refractivity contribution in [2.24, 2.45) is 11.8 Å². The summed E-state index contributed by atoms with van der Waals surface area (Å²) in [5.41, 5.74) is 2.41. The van der Waals surface area contributed by atoms with Crippen molar-refractivity contribution in [3.05, 3.63) is 80.8 Å². The van der Waals surface area contributed by atoms with Crippen molar-refractivity contribution in [3.8, 4) is 0 Å². The van der Waals surface area contributed by atoms with Gasteiger partial charge in [-0.2, -0.15) is 5.01 Å². The lowest BCUT2D eigenvalue weighted by Gasteiger charge is -2.30. The first-order valence-corrected chi connectivity index (χ1v) is 11.3. The number of amides is 3. The van der Waals surface area contributed by atoms with E-state index in [-0.39, 0.29) is 10.6 Å². The largest absolute Gasteiger partial charge is 0.292 e. The summed E-state index contributed by atoms with van der Waals surface area (Å²) in [7, 11) is 0. The predicted molar refractivity (Wildman–Crippen MR) is 125 cm³/mol. The molecular formula is C25H22Cl2N2O4. The molecule has 1 heterocycles. The highest BCUT2D eigenvalue weighted by Gasteiger charge is 2.51. The summed E-state index contributed by atoms with van der Waals surface area (Å²) in [4.78, 5) is 53.1. The lowest BCUT2D eigenvalue weighted by atomic mass is 9.82. The van der Waals surface area contributed by atoms with Gasteiger partial charge in [-0.3, -0.25) is 19.2 Å². The van der Waals surface area contributed by atoms with Crippen molar-refractivity contribution in [1.82, 2.24) is 10.0 Å². The highest BCUT2D eigenvalue weighted by molar-refractivity contribution is 6.36. The van der Waals surface area contributed by atoms with E-state index in [1.807, 2.05) is 19.9 Å². The zero-order valence-electron chi connectivity index (χ0n) is 18.2. The first kappa shape index (κ1) is 23.2. The van der Waals surface area contributed by atoms with Gasteiger partial charge in [-0.05, 0) is 44.9 Å². The molecule has 0 N–H and O–H groups in total. The van der Waals surface area contributed by atoms with E-state index in [9.17, 15) is 19.2 Å². The van der Waals surface area contributed by atoms with E-state index in [1.54, 1.807) is 24.3 Å². The average molecular weight is 485 g/mol. The summed E-state index contributed by atoms with van der Waals surface area (Å²) in [6.45, 7) is 3.32. The first-order chi connectivity index (χ1) is 15.7. The van der Waals surface area contributed by atoms with Crippen molar-refractivity contribution in [2.75, 3.05) is 6.54 Å². The minimum atomic E-state index is -0.720. The smallest absolute Gasteiger partial charge is 0.274 e. The van der Waals surface area contributed by atoms with E-state index >= 15 is 0 Å². The molecule has 2 aliphatic rings. The summed E-state index contributed by atoms with van der Waals surface area (Å²) < 4.78 is 0. The highest BCUT2D eigenvalue weighted by Crippen LogP contribution is 2.39. The number of allylic oxidation sites excluding steroid dienone is 2. The van der Waals surface area contributed by atoms with Gasteiger partial charge in [0.2, 0.25) is 0 Å². The Kier molecular flexibility index (Phi) is 6.41. The molecule has 1 aliphatic heterocycles. The van der Waals surface area contributed by atoms with Crippen LogP contribution in [0.4, 0.5) is 0 Å². The van der Waals surface area contributed by atoms with Gasteiger partial charge in [0.15, 0.2) is 5.78 Å². The molecule has 2 aromatic rings. The van der Waals surface area contributed by atoms with E-state index in [1.165, 1.54) is 18.2 Å². The third-order valence-electron chi connectivity index (χ3n) is 6.10. The fraction of sp³-hybridized carbons (Fsp3) is 0.280. The molecule has 6 nitrogen and oxygen atoms in total. The Morgan fingerprint density at radius 3 is 2.33 bits per heavy atom. The number of benzene rings is 2. The number of halogens is 2. The Morgan fingerprint density at radius 1 is 1.00 bits per heavy atom. The molecule has 4 rings (SSSR count). The standard InChI is InChI=1S/C25H22Cl2N2O4/c1-14-3-6-16(7-4-14)22(30)13-28(23(31)19-10-8-17(26)12-21(19)27)29-24(32)18-9-5-15(2)11-20(18)25(29)33/h3-8,10,12,18,20H,9,11,13H2,1-2H3/t18-,20-/m0/s1. The number of carbonyl (C=O) groups excluding carboxylic acids is 4. The van der Waals surface area contributed by atoms with Gasteiger partial charge in [0.05, 0.1) is 22.4 Å². The molecule has 1 saturated heterocycles. The maximum atomic E-state index is 13.5. The molecule has 8 heteroatoms. The lowest BCUT2D eigenvalue weighted by molar-refractivity contribution is -0.154. The molecule has 1 fully saturated rings. The van der Waals surface area contributed by atoms with Crippen molar-refractivity contribution in [1.29, 1.82) is 0 Å². The van der Waals surface area contributed by atoms with Gasteiger partial charge >= 0.3 is 0 Å². The predicted octanol–water partition coefficient (Wildman–Crippen LogP) is 4.88. The second-order valence-electron chi connectivity index (χ2n) is 8.47. The average Bonchev–Trinajstić information content (AvgIpc) is 3.01. The molecule has 1 aliphatic carbocycles. The first-order valence-electron chi connectivity index (χ1n) is 10.6. The molecule has 33 heavy (non-hydrogen) atoms. The number of hydrogen-bond acceptors (Lipinski definition) is 4. The monoisotopic (exact) mass is 484 g/mol. The Hall–Kier alpha value is -2.96. The zero-order chi connectivity index (χ0) is 23.9. The van der Waals surface area contributed by atoms with Crippen LogP contribution in [0.2, 0.25) is 10.0 Å². The second-order valence-corrected chi connectivity index (χ2v) is 9.31. The quantitative estimate of drug-likeness (QED) is 0.344. The molecule has 0 bridgehead atoms. The minimum absolute atomic E-state index is 0.0440. The normalized spacial score (nSPS) is 19.9. The number of aryl methyl sites for hydroxylation is 1. The van der Waals surface area contributed by atoms with Crippen molar-refractivity contribution in [2.45, 2.75) is 26.7 Å². The van der Waals surface area contributed by atoms with E-state index < -0.39 is 41.9 Å². The van der Waals surface area contributed by atoms with Crippen LogP contribution in [0.15, 0.2) is 54.1 Å². The van der Waals surface area contributed by atoms with Crippen LogP contribution in [0.5, 0.6) is 0 Å². The summed E-state index contributed by atoms with van der Waals surface area (Å²) >= 11 is 12.2. The number of carbonyl (C=O) groups is 4. The fourth-order valence-corrected chi connectivity index (χ4v) is 4.75. The number of ketones is 1. The number of nitrogens with zero attached hydrogens (tertiary/aromatic N) is 2. The molecule has 0 radical (unpaired) electrons. The van der Waals surface area contributed by atoms with E-state index in [4.69, 9.17) is 23.2 Å². The van der Waals surface area contributed by atoms with Crippen molar-refractivity contribution < 1.29 is 19.2 Å². The second kappa shape index (κ2) is 9.12. The van der Waals surface area contributed by atoms with Crippen LogP contribution in [-0.4, -0.2) is 40.1 Å². The zero-order valence-corrected chi connectivity index (χ0v) is 19.7. The minimum Gasteiger partial charge on any atom is -0.292 e. The van der Waals surface area contributed by atoms with Gasteiger partial charge in [0.25, 0.3) is 17.7 Å². The summed E-state index contributed by atoms with van der Waals surface area (Å²) in [5.74, 6) is -3.18. The van der Waals surface area contributed by atoms with Gasteiger partial charge in [-0.15, -0.1) is 0 Å². The number of hydrazine groups is 1. The molecule has 0 aromatic heterocycles. The molecule has 0 spiro atoms. The van der Waals surface area contributed by atoms with E-state index in [0.717, 1.165) is 21.2 Å². The lowest BCUT2D eigenvalue weighted by Crippen LogP contribution is -2.52. The van der Waals surface area contributed by atoms with Gasteiger partial charge in [-0.1, -0.05) is 64.7 Å². The molecule has 0 unspecified atom stereocenters. The van der Waals surface area contributed by atoms with Crippen LogP contribution in [0.1, 0.15) is 46.0 Å². The Balaban J connectivity index is 1.72. The number of hydrogen-bond donors (Lipinski definition) is 0. The van der Waals surface area contributed by atoms with Crippen LogP contribution >= 0.6 is 23.2 Å². The van der Waals surface area contributed by atoms with Gasteiger partial charge < -0.3 is 0 Å². The third kappa shape index (κ3) is 4.45. The Labute approximate surface area is 201 Å². The summed E-state index contributed by atoms with van der Waals surface area (Å²) in [5, 5.41) is 2.17. The number of fused-ring (bicyclic) bond motifs is 1. The fourth-order valence-electron chi connectivity index (χ4n) is 4.26. The molecule has 3 amide bonds. The Bertz CT molecular complexity index is 1190. The van der Waals surface area contributed by atoms with Crippen LogP contribution in [0, 0.1) is 18.8 Å². The number of Topliss-reactive ketones (excluding diaryl/α,β-unsaturated/α-hetero) is 1. The van der Waals surface area contributed by atoms with Gasteiger partial charge in [0, 0.05) is 10.6 Å². The molecule has 2 aromatic carbocycles. The van der Waals surface area contributed by atoms with Crippen LogP contribution < -0.4 is 0 Å². The Morgan fingerprint density at radius 2 is 1.67 bits per heavy atom. The summed E-state index contributed by atoms with van der Waals surface area (Å²) in [6, 6.07) is 11.2. The van der Waals surface area contributed by atoms with Crippen LogP contribution in [0.3, 0.4) is 0 Å². The van der Waals surface area contributed by atoms with E-state index in [0.29, 0.717) is 23.4 Å². The van der Waals surface area contributed by atoms with Crippen LogP contribution in [0.25, 0.3) is 0 Å². The van der Waals surface area contributed by atoms with E-state index in [2.05, 4.69) is 0 Å². The third-order valence-corrected chi connectivity index (χ3v) is 6.65. The SMILES string of the molecule is CC1=CC[C@@H]2C(=O)N(N(CC(=O)c3ccc(C)cc3)C(=O)c3ccc(Cl)cc3Cl)C(=O)[C@H]2C1. The molecule has 170 valence electrons. The van der Waals surface area contributed by atoms with Crippen LogP contribution in [-0.2, 0) is 9.59 Å². The summed E-state index contributed by atoms with van der Waals surface area (Å²) in [6.07, 6.45) is 2.81. The number of imide groups is 1. The van der Waals surface area contributed by atoms with Gasteiger partial charge in [-0.25, -0.2) is 5.01 Å². The molecule has 2 atom stereocenters. The highest BCUT2D eigenvalue weighted by atomic mass is 35.5. The van der Waals surface area contributed by atoms with Crippen molar-refractivity contribution in [3.63, 3.8) is 0 Å².